The molecule has 6 heteroatoms. The highest BCUT2D eigenvalue weighted by atomic mass is 28.4. The Morgan fingerprint density at radius 1 is 1.24 bits per heavy atom. The van der Waals surface area contributed by atoms with Crippen molar-refractivity contribution < 1.29 is 13.6 Å². The first-order valence-electron chi connectivity index (χ1n) is 6.18. The van der Waals surface area contributed by atoms with E-state index in [0.717, 1.165) is 18.9 Å². The van der Waals surface area contributed by atoms with Crippen LogP contribution in [0.4, 0.5) is 4.79 Å². The van der Waals surface area contributed by atoms with Crippen LogP contribution in [-0.2, 0) is 8.85 Å². The van der Waals surface area contributed by atoms with Crippen LogP contribution in [0.15, 0.2) is 0 Å². The molecule has 1 atom stereocenters. The number of nitrogens with two attached hydrogens (primary N) is 1. The van der Waals surface area contributed by atoms with Gasteiger partial charge in [0.05, 0.1) is 0 Å². The summed E-state index contributed by atoms with van der Waals surface area (Å²) in [4.78, 5) is 10.5. The van der Waals surface area contributed by atoms with Crippen molar-refractivity contribution in [2.45, 2.75) is 64.6 Å². The van der Waals surface area contributed by atoms with E-state index in [2.05, 4.69) is 32.7 Å². The minimum absolute atomic E-state index is 0.0934. The standard InChI is InChI=1S/C11H27NO3Si2/c1-10(14-11(12)13)8-7-9-17(5,6)15-16(2,3)4/h10H,7-9H2,1-6H3,(H2,12,13). The van der Waals surface area contributed by atoms with Crippen molar-refractivity contribution >= 4 is 22.7 Å². The van der Waals surface area contributed by atoms with Crippen LogP contribution in [0.25, 0.3) is 0 Å². The fourth-order valence-corrected chi connectivity index (χ4v) is 10.0. The normalized spacial score (nSPS) is 14.5. The molecule has 0 aromatic heterocycles. The van der Waals surface area contributed by atoms with E-state index >= 15 is 0 Å². The predicted octanol–water partition coefficient (Wildman–Crippen LogP) is 3.31. The number of hydrogen-bond acceptors (Lipinski definition) is 3. The Bertz CT molecular complexity index is 252. The Hall–Kier alpha value is -0.336. The molecule has 0 rings (SSSR count). The SMILES string of the molecule is CC(CCC[Si](C)(C)O[Si](C)(C)C)OC(N)=O. The third kappa shape index (κ3) is 10.5. The van der Waals surface area contributed by atoms with Gasteiger partial charge in [-0.2, -0.15) is 0 Å². The molecule has 0 aromatic carbocycles. The lowest BCUT2D eigenvalue weighted by Crippen LogP contribution is -2.42. The van der Waals surface area contributed by atoms with Crippen LogP contribution in [0.2, 0.25) is 38.8 Å². The summed E-state index contributed by atoms with van der Waals surface area (Å²) < 4.78 is 11.1. The highest BCUT2D eigenvalue weighted by Gasteiger charge is 2.29. The topological polar surface area (TPSA) is 61.6 Å². The maximum atomic E-state index is 10.5. The Morgan fingerprint density at radius 3 is 2.18 bits per heavy atom. The molecule has 0 saturated heterocycles. The number of carbonyl (C=O) groups is 1. The molecule has 0 aliphatic rings. The lowest BCUT2D eigenvalue weighted by molar-refractivity contribution is 0.111. The summed E-state index contributed by atoms with van der Waals surface area (Å²) in [6.07, 6.45) is 1.10. The van der Waals surface area contributed by atoms with E-state index in [1.807, 2.05) is 6.92 Å². The second-order valence-corrected chi connectivity index (χ2v) is 15.2. The molecule has 102 valence electrons. The van der Waals surface area contributed by atoms with Gasteiger partial charge in [-0.05, 0) is 52.1 Å². The molecule has 0 bridgehead atoms. The van der Waals surface area contributed by atoms with Gasteiger partial charge in [0.15, 0.2) is 16.6 Å². The number of amides is 1. The highest BCUT2D eigenvalue weighted by Crippen LogP contribution is 2.21. The van der Waals surface area contributed by atoms with Gasteiger partial charge in [-0.15, -0.1) is 0 Å². The van der Waals surface area contributed by atoms with Crippen LogP contribution in [0, 0.1) is 0 Å². The number of primary amides is 1. The van der Waals surface area contributed by atoms with Crippen molar-refractivity contribution in [3.05, 3.63) is 0 Å². The smallest absolute Gasteiger partial charge is 0.404 e. The molecule has 0 fully saturated rings. The maximum absolute atomic E-state index is 10.5. The third-order valence-electron chi connectivity index (χ3n) is 2.29. The second-order valence-electron chi connectivity index (χ2n) is 6.11. The van der Waals surface area contributed by atoms with Gasteiger partial charge in [0, 0.05) is 0 Å². The quantitative estimate of drug-likeness (QED) is 0.726. The molecule has 0 aliphatic carbocycles. The summed E-state index contributed by atoms with van der Waals surface area (Å²) in [5, 5.41) is 0. The maximum Gasteiger partial charge on any atom is 0.404 e. The fraction of sp³-hybridized carbons (Fsp3) is 0.909. The van der Waals surface area contributed by atoms with Gasteiger partial charge in [0.1, 0.15) is 6.10 Å². The van der Waals surface area contributed by atoms with E-state index in [1.165, 1.54) is 0 Å². The Balaban J connectivity index is 3.90. The number of ether oxygens (including phenoxy) is 1. The Labute approximate surface area is 107 Å². The Morgan fingerprint density at radius 2 is 1.76 bits per heavy atom. The molecule has 0 radical (unpaired) electrons. The molecule has 17 heavy (non-hydrogen) atoms. The highest BCUT2D eigenvalue weighted by molar-refractivity contribution is 6.84. The van der Waals surface area contributed by atoms with E-state index in [-0.39, 0.29) is 6.10 Å². The average molecular weight is 278 g/mol. The largest absolute Gasteiger partial charge is 0.456 e. The molecule has 2 N–H and O–H groups in total. The predicted molar refractivity (Wildman–Crippen MR) is 76.1 cm³/mol. The van der Waals surface area contributed by atoms with Crippen LogP contribution >= 0.6 is 0 Å². The minimum atomic E-state index is -1.56. The van der Waals surface area contributed by atoms with Crippen LogP contribution in [-0.4, -0.2) is 28.8 Å². The first-order valence-corrected chi connectivity index (χ1v) is 12.7. The van der Waals surface area contributed by atoms with Crippen molar-refractivity contribution in [2.24, 2.45) is 5.73 Å². The zero-order valence-corrected chi connectivity index (χ0v) is 14.0. The molecule has 4 nitrogen and oxygen atoms in total. The van der Waals surface area contributed by atoms with Crippen molar-refractivity contribution in [3.63, 3.8) is 0 Å². The number of rotatable bonds is 7. The molecule has 0 aliphatic heterocycles. The van der Waals surface area contributed by atoms with Gasteiger partial charge in [-0.1, -0.05) is 6.42 Å². The first-order chi connectivity index (χ1) is 7.52. The summed E-state index contributed by atoms with van der Waals surface area (Å²) in [7, 11) is -3.00. The summed E-state index contributed by atoms with van der Waals surface area (Å²) in [6, 6.07) is 1.10. The summed E-state index contributed by atoms with van der Waals surface area (Å²) in [5.41, 5.74) is 4.96. The van der Waals surface area contributed by atoms with Crippen LogP contribution < -0.4 is 5.73 Å². The van der Waals surface area contributed by atoms with Gasteiger partial charge in [0.2, 0.25) is 0 Å². The van der Waals surface area contributed by atoms with E-state index in [0.29, 0.717) is 0 Å². The lowest BCUT2D eigenvalue weighted by atomic mass is 10.2. The zero-order valence-electron chi connectivity index (χ0n) is 12.0. The molecule has 0 heterocycles. The lowest BCUT2D eigenvalue weighted by Gasteiger charge is -2.31. The summed E-state index contributed by atoms with van der Waals surface area (Å²) in [5.74, 6) is 0. The summed E-state index contributed by atoms with van der Waals surface area (Å²) >= 11 is 0. The van der Waals surface area contributed by atoms with E-state index < -0.39 is 22.7 Å². The second kappa shape index (κ2) is 6.56. The Kier molecular flexibility index (Phi) is 6.43. The van der Waals surface area contributed by atoms with Crippen molar-refractivity contribution in [1.82, 2.24) is 0 Å². The minimum Gasteiger partial charge on any atom is -0.456 e. The molecule has 0 saturated carbocycles. The van der Waals surface area contributed by atoms with Crippen LogP contribution in [0.5, 0.6) is 0 Å². The third-order valence-corrected chi connectivity index (χ3v) is 8.51. The monoisotopic (exact) mass is 277 g/mol. The van der Waals surface area contributed by atoms with Gasteiger partial charge >= 0.3 is 6.09 Å². The van der Waals surface area contributed by atoms with Crippen LogP contribution in [0.1, 0.15) is 19.8 Å². The van der Waals surface area contributed by atoms with Crippen molar-refractivity contribution in [3.8, 4) is 0 Å². The van der Waals surface area contributed by atoms with Gasteiger partial charge < -0.3 is 14.6 Å². The van der Waals surface area contributed by atoms with Crippen molar-refractivity contribution in [1.29, 1.82) is 0 Å². The van der Waals surface area contributed by atoms with Crippen LogP contribution in [0.3, 0.4) is 0 Å². The van der Waals surface area contributed by atoms with E-state index in [9.17, 15) is 4.79 Å². The molecular weight excluding hydrogens is 250 g/mol. The van der Waals surface area contributed by atoms with Gasteiger partial charge in [0.25, 0.3) is 0 Å². The van der Waals surface area contributed by atoms with E-state index in [4.69, 9.17) is 14.6 Å². The number of hydrogen-bond donors (Lipinski definition) is 1. The summed E-state index contributed by atoms with van der Waals surface area (Å²) in [6.45, 7) is 13.1. The zero-order chi connectivity index (χ0) is 13.7. The fourth-order valence-electron chi connectivity index (χ4n) is 1.95. The molecule has 0 spiro atoms. The van der Waals surface area contributed by atoms with Gasteiger partial charge in [-0.25, -0.2) is 4.79 Å². The van der Waals surface area contributed by atoms with Gasteiger partial charge in [-0.3, -0.25) is 0 Å². The molecule has 1 amide bonds. The molecule has 1 unspecified atom stereocenters. The average Bonchev–Trinajstić information content (AvgIpc) is 1.95. The van der Waals surface area contributed by atoms with Crippen molar-refractivity contribution in [2.75, 3.05) is 0 Å². The molecule has 0 aromatic rings. The molecular formula is C11H27NO3Si2. The van der Waals surface area contributed by atoms with E-state index in [1.54, 1.807) is 0 Å². The number of carbonyl (C=O) groups excluding carboxylic acids is 1. The first kappa shape index (κ1) is 16.7.